The van der Waals surface area contributed by atoms with Gasteiger partial charge in [0.1, 0.15) is 6.04 Å². The van der Waals surface area contributed by atoms with Crippen molar-refractivity contribution in [3.05, 3.63) is 35.9 Å². The summed E-state index contributed by atoms with van der Waals surface area (Å²) in [6.45, 7) is 4.45. The van der Waals surface area contributed by atoms with Crippen LogP contribution in [0.1, 0.15) is 25.8 Å². The van der Waals surface area contributed by atoms with Gasteiger partial charge in [0.25, 0.3) is 0 Å². The van der Waals surface area contributed by atoms with Crippen molar-refractivity contribution in [1.29, 1.82) is 0 Å². The number of aliphatic carboxylic acids is 1. The van der Waals surface area contributed by atoms with E-state index in [1.165, 1.54) is 0 Å². The van der Waals surface area contributed by atoms with Crippen LogP contribution in [-0.2, 0) is 11.3 Å². The Balaban J connectivity index is 2.80. The first kappa shape index (κ1) is 14.1. The smallest absolute Gasteiger partial charge is 0.327 e. The molecule has 0 fully saturated rings. The molecule has 0 unspecified atom stereocenters. The molecule has 0 aliphatic rings. The fourth-order valence-corrected chi connectivity index (χ4v) is 1.83. The van der Waals surface area contributed by atoms with Crippen molar-refractivity contribution in [2.75, 3.05) is 0 Å². The first-order valence-electron chi connectivity index (χ1n) is 6.04. The number of hydrogen-bond donors (Lipinski definition) is 1. The third-order valence-corrected chi connectivity index (χ3v) is 2.72. The minimum atomic E-state index is -0.863. The molecule has 0 saturated carbocycles. The molecule has 0 aliphatic carbocycles. The lowest BCUT2D eigenvalue weighted by molar-refractivity contribution is -0.142. The molecular weight excluding hydrogens is 226 g/mol. The molecule has 96 valence electrons. The molecule has 0 heterocycles. The van der Waals surface area contributed by atoms with Gasteiger partial charge in [-0.3, -0.25) is 0 Å². The van der Waals surface area contributed by atoms with Crippen LogP contribution in [0.2, 0.25) is 0 Å². The summed E-state index contributed by atoms with van der Waals surface area (Å²) < 4.78 is 0. The maximum atomic E-state index is 11.3. The second-order valence-corrected chi connectivity index (χ2v) is 4.73. The van der Waals surface area contributed by atoms with Crippen molar-refractivity contribution in [3.63, 3.8) is 0 Å². The molecule has 0 spiro atoms. The monoisotopic (exact) mass is 245 g/mol. The quantitative estimate of drug-likeness (QED) is 0.618. The Morgan fingerprint density at radius 3 is 2.44 bits per heavy atom. The molecule has 1 aromatic rings. The normalized spacial score (nSPS) is 11.9. The van der Waals surface area contributed by atoms with Crippen LogP contribution < -0.4 is 0 Å². The van der Waals surface area contributed by atoms with Crippen LogP contribution in [0, 0.1) is 18.4 Å². The number of benzene rings is 1. The van der Waals surface area contributed by atoms with Gasteiger partial charge < -0.3 is 10.0 Å². The van der Waals surface area contributed by atoms with Crippen molar-refractivity contribution in [2.24, 2.45) is 5.92 Å². The Labute approximate surface area is 108 Å². The molecule has 0 bridgehead atoms. The van der Waals surface area contributed by atoms with Crippen LogP contribution in [0.3, 0.4) is 0 Å². The SMILES string of the molecule is C#CN(Cc1ccccc1)[C@@H](CC(C)C)C(=O)O. The van der Waals surface area contributed by atoms with Gasteiger partial charge in [0.15, 0.2) is 0 Å². The fourth-order valence-electron chi connectivity index (χ4n) is 1.83. The molecule has 1 N–H and O–H groups in total. The zero-order valence-electron chi connectivity index (χ0n) is 10.8. The minimum Gasteiger partial charge on any atom is -0.480 e. The van der Waals surface area contributed by atoms with Gasteiger partial charge in [0.2, 0.25) is 0 Å². The number of nitrogens with zero attached hydrogens (tertiary/aromatic N) is 1. The van der Waals surface area contributed by atoms with Gasteiger partial charge in [-0.15, -0.1) is 0 Å². The third kappa shape index (κ3) is 4.14. The van der Waals surface area contributed by atoms with E-state index in [0.717, 1.165) is 5.56 Å². The molecular formula is C15H19NO2. The van der Waals surface area contributed by atoms with Gasteiger partial charge in [-0.2, -0.15) is 0 Å². The maximum absolute atomic E-state index is 11.3. The third-order valence-electron chi connectivity index (χ3n) is 2.72. The average Bonchev–Trinajstić information content (AvgIpc) is 2.34. The summed E-state index contributed by atoms with van der Waals surface area (Å²) in [6.07, 6.45) is 6.00. The maximum Gasteiger partial charge on any atom is 0.327 e. The number of terminal acetylenes is 1. The highest BCUT2D eigenvalue weighted by molar-refractivity contribution is 5.73. The molecule has 3 heteroatoms. The van der Waals surface area contributed by atoms with Gasteiger partial charge >= 0.3 is 5.97 Å². The fraction of sp³-hybridized carbons (Fsp3) is 0.400. The van der Waals surface area contributed by atoms with E-state index in [1.807, 2.05) is 44.2 Å². The molecule has 3 nitrogen and oxygen atoms in total. The van der Waals surface area contributed by atoms with E-state index in [2.05, 4.69) is 6.04 Å². The Morgan fingerprint density at radius 2 is 2.00 bits per heavy atom. The summed E-state index contributed by atoms with van der Waals surface area (Å²) in [5, 5.41) is 9.26. The molecule has 1 atom stereocenters. The Morgan fingerprint density at radius 1 is 1.39 bits per heavy atom. The van der Waals surface area contributed by atoms with Gasteiger partial charge in [-0.05, 0) is 17.9 Å². The second kappa shape index (κ2) is 6.70. The average molecular weight is 245 g/mol. The zero-order valence-corrected chi connectivity index (χ0v) is 10.8. The number of hydrogen-bond acceptors (Lipinski definition) is 2. The van der Waals surface area contributed by atoms with Crippen LogP contribution in [0.4, 0.5) is 0 Å². The standard InChI is InChI=1S/C15H19NO2/c1-4-16(11-13-8-6-5-7-9-13)14(15(17)18)10-12(2)3/h1,5-9,12,14H,10-11H2,2-3H3,(H,17,18)/t14-/m0/s1. The molecule has 0 radical (unpaired) electrons. The summed E-state index contributed by atoms with van der Waals surface area (Å²) in [5.74, 6) is -0.574. The number of carbonyl (C=O) groups is 1. The molecule has 1 aromatic carbocycles. The van der Waals surface area contributed by atoms with Crippen LogP contribution in [-0.4, -0.2) is 22.0 Å². The summed E-state index contributed by atoms with van der Waals surface area (Å²) in [6, 6.07) is 11.5. The van der Waals surface area contributed by atoms with E-state index in [-0.39, 0.29) is 5.92 Å². The van der Waals surface area contributed by atoms with Crippen LogP contribution in [0.25, 0.3) is 0 Å². The van der Waals surface area contributed by atoms with Crippen molar-refractivity contribution in [3.8, 4) is 12.5 Å². The van der Waals surface area contributed by atoms with Crippen molar-refractivity contribution in [1.82, 2.24) is 4.90 Å². The summed E-state index contributed by atoms with van der Waals surface area (Å²) in [4.78, 5) is 12.8. The molecule has 0 saturated heterocycles. The van der Waals surface area contributed by atoms with Gasteiger partial charge in [-0.25, -0.2) is 4.79 Å². The predicted octanol–water partition coefficient (Wildman–Crippen LogP) is 2.58. The van der Waals surface area contributed by atoms with Crippen LogP contribution in [0.5, 0.6) is 0 Å². The predicted molar refractivity (Wildman–Crippen MR) is 71.7 cm³/mol. The van der Waals surface area contributed by atoms with Gasteiger partial charge in [0, 0.05) is 6.04 Å². The molecule has 0 aliphatic heterocycles. The second-order valence-electron chi connectivity index (χ2n) is 4.73. The van der Waals surface area contributed by atoms with E-state index in [0.29, 0.717) is 13.0 Å². The van der Waals surface area contributed by atoms with Crippen LogP contribution >= 0.6 is 0 Å². The highest BCUT2D eigenvalue weighted by Gasteiger charge is 2.24. The first-order valence-corrected chi connectivity index (χ1v) is 6.04. The Hall–Kier alpha value is -1.95. The van der Waals surface area contributed by atoms with Gasteiger partial charge in [-0.1, -0.05) is 50.6 Å². The van der Waals surface area contributed by atoms with Gasteiger partial charge in [0.05, 0.1) is 6.54 Å². The lowest BCUT2D eigenvalue weighted by Crippen LogP contribution is -2.38. The van der Waals surface area contributed by atoms with E-state index in [9.17, 15) is 9.90 Å². The Kier molecular flexibility index (Phi) is 5.26. The van der Waals surface area contributed by atoms with Crippen molar-refractivity contribution in [2.45, 2.75) is 32.9 Å². The summed E-state index contributed by atoms with van der Waals surface area (Å²) in [7, 11) is 0. The van der Waals surface area contributed by atoms with Crippen molar-refractivity contribution >= 4 is 5.97 Å². The number of carboxylic acids is 1. The topological polar surface area (TPSA) is 40.5 Å². The van der Waals surface area contributed by atoms with E-state index in [4.69, 9.17) is 6.42 Å². The highest BCUT2D eigenvalue weighted by atomic mass is 16.4. The summed E-state index contributed by atoms with van der Waals surface area (Å²) in [5.41, 5.74) is 1.02. The largest absolute Gasteiger partial charge is 0.480 e. The van der Waals surface area contributed by atoms with E-state index in [1.54, 1.807) is 4.90 Å². The molecule has 18 heavy (non-hydrogen) atoms. The lowest BCUT2D eigenvalue weighted by atomic mass is 10.0. The molecule has 0 aromatic heterocycles. The lowest BCUT2D eigenvalue weighted by Gasteiger charge is -2.26. The number of carboxylic acid groups (broad SMARTS) is 1. The Bertz CT molecular complexity index is 420. The van der Waals surface area contributed by atoms with E-state index < -0.39 is 12.0 Å². The minimum absolute atomic E-state index is 0.290. The number of rotatable bonds is 6. The van der Waals surface area contributed by atoms with Crippen LogP contribution in [0.15, 0.2) is 30.3 Å². The molecule has 1 rings (SSSR count). The summed E-state index contributed by atoms with van der Waals surface area (Å²) >= 11 is 0. The molecule has 0 amide bonds. The highest BCUT2D eigenvalue weighted by Crippen LogP contribution is 2.14. The van der Waals surface area contributed by atoms with Crippen molar-refractivity contribution < 1.29 is 9.90 Å². The van der Waals surface area contributed by atoms with E-state index >= 15 is 0 Å². The first-order chi connectivity index (χ1) is 8.54. The zero-order chi connectivity index (χ0) is 13.5.